The number of ether oxygens (including phenoxy) is 1. The second-order valence-corrected chi connectivity index (χ2v) is 7.52. The Labute approximate surface area is 145 Å². The minimum atomic E-state index is 0.649. The molecule has 1 aliphatic rings. The van der Waals surface area contributed by atoms with E-state index in [0.29, 0.717) is 12.6 Å². The fourth-order valence-corrected chi connectivity index (χ4v) is 4.69. The van der Waals surface area contributed by atoms with E-state index in [2.05, 4.69) is 50.2 Å². The molecule has 1 aromatic carbocycles. The zero-order valence-corrected chi connectivity index (χ0v) is 16.1. The highest BCUT2D eigenvalue weighted by molar-refractivity contribution is 9.11. The molecule has 1 aromatic rings. The maximum absolute atomic E-state index is 5.81. The van der Waals surface area contributed by atoms with Gasteiger partial charge >= 0.3 is 0 Å². The third-order valence-corrected chi connectivity index (χ3v) is 5.41. The third-order valence-electron chi connectivity index (χ3n) is 4.36. The second-order valence-electron chi connectivity index (χ2n) is 5.75. The molecule has 21 heavy (non-hydrogen) atoms. The van der Waals surface area contributed by atoms with Crippen LogP contribution in [-0.4, -0.2) is 12.6 Å². The average Bonchev–Trinajstić information content (AvgIpc) is 2.48. The van der Waals surface area contributed by atoms with Gasteiger partial charge in [-0.15, -0.1) is 0 Å². The molecule has 2 unspecified atom stereocenters. The second kappa shape index (κ2) is 8.54. The van der Waals surface area contributed by atoms with Gasteiger partial charge in [-0.3, -0.25) is 0 Å². The summed E-state index contributed by atoms with van der Waals surface area (Å²) in [6.45, 7) is 5.90. The van der Waals surface area contributed by atoms with Crippen LogP contribution in [0.4, 0.5) is 0 Å². The van der Waals surface area contributed by atoms with Crippen molar-refractivity contribution < 1.29 is 4.74 Å². The monoisotopic (exact) mass is 417 g/mol. The molecule has 2 rings (SSSR count). The summed E-state index contributed by atoms with van der Waals surface area (Å²) in [4.78, 5) is 0. The smallest absolute Gasteiger partial charge is 0.138 e. The Morgan fingerprint density at radius 3 is 2.67 bits per heavy atom. The number of nitrogens with one attached hydrogen (secondary N) is 1. The number of hydrogen-bond donors (Lipinski definition) is 1. The Balaban J connectivity index is 2.07. The molecule has 1 N–H and O–H groups in total. The van der Waals surface area contributed by atoms with Gasteiger partial charge < -0.3 is 10.1 Å². The van der Waals surface area contributed by atoms with Crippen LogP contribution in [0.3, 0.4) is 0 Å². The number of halogens is 2. The molecule has 2 atom stereocenters. The summed E-state index contributed by atoms with van der Waals surface area (Å²) in [5.41, 5.74) is 1.22. The Morgan fingerprint density at radius 2 is 1.95 bits per heavy atom. The lowest BCUT2D eigenvalue weighted by atomic mass is 9.83. The van der Waals surface area contributed by atoms with Crippen LogP contribution in [0.2, 0.25) is 0 Å². The minimum absolute atomic E-state index is 0.649. The quantitative estimate of drug-likeness (QED) is 0.642. The summed E-state index contributed by atoms with van der Waals surface area (Å²) in [7, 11) is 0. The lowest BCUT2D eigenvalue weighted by Gasteiger charge is -2.32. The van der Waals surface area contributed by atoms with E-state index in [1.165, 1.54) is 37.7 Å². The number of rotatable bonds is 6. The molecule has 0 aromatic heterocycles. The van der Waals surface area contributed by atoms with Crippen LogP contribution in [0.25, 0.3) is 0 Å². The summed E-state index contributed by atoms with van der Waals surface area (Å²) < 4.78 is 7.92. The van der Waals surface area contributed by atoms with Gasteiger partial charge in [-0.25, -0.2) is 0 Å². The Morgan fingerprint density at radius 1 is 1.19 bits per heavy atom. The highest BCUT2D eigenvalue weighted by Crippen LogP contribution is 2.34. The van der Waals surface area contributed by atoms with Crippen LogP contribution in [-0.2, 0) is 6.54 Å². The SMILES string of the molecule is CCOc1c(Br)cc(Br)cc1CNC1CCCCC1CC. The highest BCUT2D eigenvalue weighted by atomic mass is 79.9. The first kappa shape index (κ1) is 17.3. The van der Waals surface area contributed by atoms with Gasteiger partial charge in [-0.05, 0) is 53.7 Å². The van der Waals surface area contributed by atoms with E-state index in [-0.39, 0.29) is 0 Å². The van der Waals surface area contributed by atoms with Crippen LogP contribution >= 0.6 is 31.9 Å². The predicted molar refractivity (Wildman–Crippen MR) is 95.9 cm³/mol. The molecular formula is C17H25Br2NO. The summed E-state index contributed by atoms with van der Waals surface area (Å²) in [5.74, 6) is 1.79. The molecule has 0 heterocycles. The van der Waals surface area contributed by atoms with Crippen LogP contribution in [0.1, 0.15) is 51.5 Å². The first-order valence-electron chi connectivity index (χ1n) is 7.99. The molecule has 1 fully saturated rings. The van der Waals surface area contributed by atoms with Gasteiger partial charge in [-0.1, -0.05) is 42.1 Å². The summed E-state index contributed by atoms with van der Waals surface area (Å²) >= 11 is 7.18. The number of benzene rings is 1. The lowest BCUT2D eigenvalue weighted by molar-refractivity contribution is 0.252. The highest BCUT2D eigenvalue weighted by Gasteiger charge is 2.23. The van der Waals surface area contributed by atoms with Gasteiger partial charge in [0.1, 0.15) is 5.75 Å². The van der Waals surface area contributed by atoms with E-state index in [9.17, 15) is 0 Å². The van der Waals surface area contributed by atoms with Crippen molar-refractivity contribution in [3.63, 3.8) is 0 Å². The normalized spacial score (nSPS) is 22.3. The molecule has 2 nitrogen and oxygen atoms in total. The Bertz CT molecular complexity index is 464. The summed E-state index contributed by atoms with van der Waals surface area (Å²) in [6.07, 6.45) is 6.70. The van der Waals surface area contributed by atoms with Crippen molar-refractivity contribution in [2.75, 3.05) is 6.61 Å². The molecular weight excluding hydrogens is 394 g/mol. The molecule has 1 aliphatic carbocycles. The predicted octanol–water partition coefficient (Wildman–Crippen LogP) is 5.67. The van der Waals surface area contributed by atoms with Crippen molar-refractivity contribution in [1.29, 1.82) is 0 Å². The fraction of sp³-hybridized carbons (Fsp3) is 0.647. The Kier molecular flexibility index (Phi) is 7.03. The van der Waals surface area contributed by atoms with Crippen molar-refractivity contribution >= 4 is 31.9 Å². The molecule has 4 heteroatoms. The third kappa shape index (κ3) is 4.70. The first-order valence-corrected chi connectivity index (χ1v) is 9.58. The van der Waals surface area contributed by atoms with Crippen LogP contribution in [0.5, 0.6) is 5.75 Å². The minimum Gasteiger partial charge on any atom is -0.492 e. The molecule has 1 saturated carbocycles. The molecule has 0 spiro atoms. The van der Waals surface area contributed by atoms with Gasteiger partial charge in [0.05, 0.1) is 11.1 Å². The standard InChI is InChI=1S/C17H25Br2NO/c1-3-12-7-5-6-8-16(12)20-11-13-9-14(18)10-15(19)17(13)21-4-2/h9-10,12,16,20H,3-8,11H2,1-2H3. The van der Waals surface area contributed by atoms with Crippen molar-refractivity contribution in [2.24, 2.45) is 5.92 Å². The molecule has 0 radical (unpaired) electrons. The van der Waals surface area contributed by atoms with E-state index in [1.807, 2.05) is 13.0 Å². The van der Waals surface area contributed by atoms with E-state index in [1.54, 1.807) is 0 Å². The Hall–Kier alpha value is -0.0600. The summed E-state index contributed by atoms with van der Waals surface area (Å²) in [6, 6.07) is 4.85. The zero-order chi connectivity index (χ0) is 15.2. The van der Waals surface area contributed by atoms with E-state index < -0.39 is 0 Å². The van der Waals surface area contributed by atoms with Gasteiger partial charge in [0.2, 0.25) is 0 Å². The molecule has 0 bridgehead atoms. The summed E-state index contributed by atoms with van der Waals surface area (Å²) in [5, 5.41) is 3.77. The first-order chi connectivity index (χ1) is 10.2. The van der Waals surface area contributed by atoms with Gasteiger partial charge in [0.15, 0.2) is 0 Å². The van der Waals surface area contributed by atoms with Crippen molar-refractivity contribution in [2.45, 2.75) is 58.5 Å². The topological polar surface area (TPSA) is 21.3 Å². The van der Waals surface area contributed by atoms with Crippen LogP contribution in [0.15, 0.2) is 21.1 Å². The van der Waals surface area contributed by atoms with Crippen molar-refractivity contribution in [3.05, 3.63) is 26.6 Å². The van der Waals surface area contributed by atoms with Gasteiger partial charge in [0.25, 0.3) is 0 Å². The van der Waals surface area contributed by atoms with E-state index in [0.717, 1.165) is 27.2 Å². The maximum Gasteiger partial charge on any atom is 0.138 e. The lowest BCUT2D eigenvalue weighted by Crippen LogP contribution is -2.37. The van der Waals surface area contributed by atoms with Crippen LogP contribution in [0, 0.1) is 5.92 Å². The molecule has 0 aliphatic heterocycles. The van der Waals surface area contributed by atoms with E-state index in [4.69, 9.17) is 4.74 Å². The van der Waals surface area contributed by atoms with Gasteiger partial charge in [0, 0.05) is 22.6 Å². The molecule has 0 amide bonds. The van der Waals surface area contributed by atoms with Gasteiger partial charge in [-0.2, -0.15) is 0 Å². The fourth-order valence-electron chi connectivity index (χ4n) is 3.26. The maximum atomic E-state index is 5.81. The largest absolute Gasteiger partial charge is 0.492 e. The van der Waals surface area contributed by atoms with Crippen molar-refractivity contribution in [1.82, 2.24) is 5.32 Å². The molecule has 118 valence electrons. The number of hydrogen-bond acceptors (Lipinski definition) is 2. The van der Waals surface area contributed by atoms with Crippen molar-refractivity contribution in [3.8, 4) is 5.75 Å². The average molecular weight is 419 g/mol. The zero-order valence-electron chi connectivity index (χ0n) is 12.9. The molecule has 0 saturated heterocycles. The van der Waals surface area contributed by atoms with E-state index >= 15 is 0 Å². The van der Waals surface area contributed by atoms with Crippen LogP contribution < -0.4 is 10.1 Å².